The average Bonchev–Trinajstić information content (AvgIpc) is 2.72. The zero-order valence-corrected chi connectivity index (χ0v) is 17.1. The van der Waals surface area contributed by atoms with Gasteiger partial charge in [0.05, 0.1) is 6.61 Å². The van der Waals surface area contributed by atoms with Crippen molar-refractivity contribution >= 4 is 35.9 Å². The Hall–Kier alpha value is -1.81. The van der Waals surface area contributed by atoms with Crippen molar-refractivity contribution < 1.29 is 54.9 Å². The summed E-state index contributed by atoms with van der Waals surface area (Å²) >= 11 is 1.48. The van der Waals surface area contributed by atoms with Gasteiger partial charge in [-0.1, -0.05) is 0 Å². The van der Waals surface area contributed by atoms with Gasteiger partial charge in [-0.3, -0.25) is 9.59 Å². The second-order valence-corrected chi connectivity index (χ2v) is 7.07. The standard InChI is InChI=1S/C10H18N2O5S.C6H12O6/c1-18-5-4-7(10(16)17)12-8(13)3-2-6(11)9(14)15;7-1-3(9)5(11)6(12)4(10)2-8/h6-7H,2-5,11H2,1H3,(H,12,13)(H,14,15)(H,16,17);1,3-6,8-12H,2H2. The van der Waals surface area contributed by atoms with Crippen molar-refractivity contribution in [2.24, 2.45) is 5.73 Å². The number of carboxylic acids is 2. The highest BCUT2D eigenvalue weighted by molar-refractivity contribution is 7.98. The Kier molecular flexibility index (Phi) is 17.1. The summed E-state index contributed by atoms with van der Waals surface area (Å²) in [6.45, 7) is -0.760. The maximum atomic E-state index is 11.4. The number of aliphatic hydroxyl groups excluding tert-OH is 5. The summed E-state index contributed by atoms with van der Waals surface area (Å²) in [7, 11) is 0. The minimum absolute atomic E-state index is 0.0178. The first kappa shape index (κ1) is 30.4. The third-order valence-electron chi connectivity index (χ3n) is 3.66. The molecule has 0 aliphatic carbocycles. The summed E-state index contributed by atoms with van der Waals surface area (Å²) < 4.78 is 0. The molecule has 6 atom stereocenters. The number of aldehydes is 1. The number of hydrogen-bond acceptors (Lipinski definition) is 11. The van der Waals surface area contributed by atoms with Crippen LogP contribution in [-0.2, 0) is 19.2 Å². The Balaban J connectivity index is 0. The first-order valence-electron chi connectivity index (χ1n) is 8.70. The molecule has 0 saturated heterocycles. The third-order valence-corrected chi connectivity index (χ3v) is 4.31. The van der Waals surface area contributed by atoms with Crippen molar-refractivity contribution in [2.75, 3.05) is 18.6 Å². The van der Waals surface area contributed by atoms with Gasteiger partial charge in [0.1, 0.15) is 36.5 Å². The maximum absolute atomic E-state index is 11.4. The van der Waals surface area contributed by atoms with Gasteiger partial charge in [-0.25, -0.2) is 4.79 Å². The van der Waals surface area contributed by atoms with Crippen LogP contribution in [0.4, 0.5) is 0 Å². The van der Waals surface area contributed by atoms with Gasteiger partial charge in [0.25, 0.3) is 0 Å². The van der Waals surface area contributed by atoms with Crippen LogP contribution in [0.5, 0.6) is 0 Å². The molecule has 10 N–H and O–H groups in total. The van der Waals surface area contributed by atoms with E-state index >= 15 is 0 Å². The molecule has 13 nitrogen and oxygen atoms in total. The van der Waals surface area contributed by atoms with Crippen LogP contribution in [-0.4, -0.2) is 115 Å². The van der Waals surface area contributed by atoms with Crippen molar-refractivity contribution in [2.45, 2.75) is 55.8 Å². The fraction of sp³-hybridized carbons (Fsp3) is 0.750. The molecule has 0 saturated carbocycles. The molecule has 0 fully saturated rings. The predicted molar refractivity (Wildman–Crippen MR) is 105 cm³/mol. The summed E-state index contributed by atoms with van der Waals surface area (Å²) in [6, 6.07) is -2.05. The van der Waals surface area contributed by atoms with Crippen LogP contribution in [0.25, 0.3) is 0 Å². The summed E-state index contributed by atoms with van der Waals surface area (Å²) in [6.07, 6.45) is -4.79. The van der Waals surface area contributed by atoms with Gasteiger partial charge in [-0.05, 0) is 24.9 Å². The van der Waals surface area contributed by atoms with E-state index in [1.807, 2.05) is 6.26 Å². The van der Waals surface area contributed by atoms with Crippen LogP contribution in [0.1, 0.15) is 19.3 Å². The monoisotopic (exact) mass is 458 g/mol. The lowest BCUT2D eigenvalue weighted by Crippen LogP contribution is -2.46. The summed E-state index contributed by atoms with van der Waals surface area (Å²) in [5.41, 5.74) is 5.24. The Morgan fingerprint density at radius 1 is 1.03 bits per heavy atom. The van der Waals surface area contributed by atoms with Gasteiger partial charge in [0.15, 0.2) is 6.29 Å². The topological polar surface area (TPSA) is 248 Å². The number of hydrogen-bond donors (Lipinski definition) is 9. The van der Waals surface area contributed by atoms with E-state index < -0.39 is 61.0 Å². The number of aliphatic carboxylic acids is 2. The molecule has 6 unspecified atom stereocenters. The van der Waals surface area contributed by atoms with Gasteiger partial charge in [-0.2, -0.15) is 11.8 Å². The molecule has 0 aromatic heterocycles. The Morgan fingerprint density at radius 2 is 1.60 bits per heavy atom. The predicted octanol–water partition coefficient (Wildman–Crippen LogP) is -3.88. The lowest BCUT2D eigenvalue weighted by Gasteiger charge is -2.22. The number of thioether (sulfide) groups is 1. The molecule has 0 radical (unpaired) electrons. The first-order valence-corrected chi connectivity index (χ1v) is 10.1. The fourth-order valence-corrected chi connectivity index (χ4v) is 2.26. The molecular weight excluding hydrogens is 428 g/mol. The molecule has 14 heteroatoms. The Labute approximate surface area is 176 Å². The van der Waals surface area contributed by atoms with Crippen molar-refractivity contribution in [3.63, 3.8) is 0 Å². The minimum Gasteiger partial charge on any atom is -0.480 e. The van der Waals surface area contributed by atoms with E-state index in [-0.39, 0.29) is 19.1 Å². The molecule has 0 bridgehead atoms. The molecule has 176 valence electrons. The largest absolute Gasteiger partial charge is 0.480 e. The molecule has 0 aromatic rings. The zero-order chi connectivity index (χ0) is 23.9. The van der Waals surface area contributed by atoms with Crippen LogP contribution >= 0.6 is 11.8 Å². The highest BCUT2D eigenvalue weighted by Crippen LogP contribution is 2.03. The summed E-state index contributed by atoms with van der Waals surface area (Å²) in [5.74, 6) is -2.16. The lowest BCUT2D eigenvalue weighted by molar-refractivity contribution is -0.142. The van der Waals surface area contributed by atoms with E-state index in [4.69, 9.17) is 41.5 Å². The maximum Gasteiger partial charge on any atom is 0.326 e. The number of carbonyl (C=O) groups is 4. The van der Waals surface area contributed by atoms with Crippen LogP contribution < -0.4 is 11.1 Å². The number of carboxylic acid groups (broad SMARTS) is 2. The summed E-state index contributed by atoms with van der Waals surface area (Å²) in [4.78, 5) is 42.6. The van der Waals surface area contributed by atoms with Crippen LogP contribution in [0.3, 0.4) is 0 Å². The van der Waals surface area contributed by atoms with E-state index in [0.29, 0.717) is 12.2 Å². The molecule has 0 aliphatic rings. The number of nitrogens with one attached hydrogen (secondary N) is 1. The van der Waals surface area contributed by atoms with Gasteiger partial charge in [0, 0.05) is 6.42 Å². The fourth-order valence-electron chi connectivity index (χ4n) is 1.79. The first-order chi connectivity index (χ1) is 13.9. The minimum atomic E-state index is -1.79. The molecule has 1 amide bonds. The van der Waals surface area contributed by atoms with E-state index in [9.17, 15) is 19.2 Å². The van der Waals surface area contributed by atoms with Gasteiger partial charge >= 0.3 is 11.9 Å². The second-order valence-electron chi connectivity index (χ2n) is 6.08. The lowest BCUT2D eigenvalue weighted by atomic mass is 10.0. The highest BCUT2D eigenvalue weighted by Gasteiger charge is 2.29. The molecule has 30 heavy (non-hydrogen) atoms. The van der Waals surface area contributed by atoms with E-state index in [0.717, 1.165) is 0 Å². The van der Waals surface area contributed by atoms with Crippen molar-refractivity contribution in [1.29, 1.82) is 0 Å². The number of rotatable bonds is 14. The average molecular weight is 458 g/mol. The molecule has 0 rings (SSSR count). The molecule has 0 spiro atoms. The SMILES string of the molecule is CSCCC(NC(=O)CCC(N)C(=O)O)C(=O)O.O=CC(O)C(O)C(O)C(O)CO. The van der Waals surface area contributed by atoms with Crippen molar-refractivity contribution in [3.8, 4) is 0 Å². The van der Waals surface area contributed by atoms with Crippen molar-refractivity contribution in [3.05, 3.63) is 0 Å². The van der Waals surface area contributed by atoms with E-state index in [1.165, 1.54) is 11.8 Å². The highest BCUT2D eigenvalue weighted by atomic mass is 32.2. The van der Waals surface area contributed by atoms with Gasteiger partial charge < -0.3 is 51.6 Å². The third kappa shape index (κ3) is 13.4. The van der Waals surface area contributed by atoms with Gasteiger partial charge in [0.2, 0.25) is 5.91 Å². The van der Waals surface area contributed by atoms with Gasteiger partial charge in [-0.15, -0.1) is 0 Å². The second kappa shape index (κ2) is 16.9. The zero-order valence-electron chi connectivity index (χ0n) is 16.3. The van der Waals surface area contributed by atoms with Crippen LogP contribution in [0.2, 0.25) is 0 Å². The van der Waals surface area contributed by atoms with E-state index in [1.54, 1.807) is 0 Å². The molecule has 0 aliphatic heterocycles. The quantitative estimate of drug-likeness (QED) is 0.113. The molecule has 0 heterocycles. The number of carbonyl (C=O) groups excluding carboxylic acids is 2. The Bertz CT molecular complexity index is 537. The number of amides is 1. The Morgan fingerprint density at radius 3 is 2.00 bits per heavy atom. The normalized spacial score (nSPS) is 16.6. The van der Waals surface area contributed by atoms with Crippen LogP contribution in [0.15, 0.2) is 0 Å². The number of nitrogens with two attached hydrogens (primary N) is 1. The van der Waals surface area contributed by atoms with E-state index in [2.05, 4.69) is 5.32 Å². The van der Waals surface area contributed by atoms with Crippen molar-refractivity contribution in [1.82, 2.24) is 5.32 Å². The summed E-state index contributed by atoms with van der Waals surface area (Å²) in [5, 5.41) is 63.3. The molecule has 0 aromatic carbocycles. The smallest absolute Gasteiger partial charge is 0.326 e. The van der Waals surface area contributed by atoms with Crippen LogP contribution in [0, 0.1) is 0 Å². The number of aliphatic hydroxyl groups is 5. The molecular formula is C16H30N2O11S.